The van der Waals surface area contributed by atoms with Crippen molar-refractivity contribution >= 4 is 5.91 Å². The van der Waals surface area contributed by atoms with Gasteiger partial charge in [0.1, 0.15) is 5.82 Å². The lowest BCUT2D eigenvalue weighted by Gasteiger charge is -2.21. The standard InChI is InChI=1S/C21H27FN2O3/c1-15(21(25)23-14-17-5-8-18(22)9-6-17)24(2)12-11-16-7-10-19(26-3)20(13-16)27-4/h5-10,13,15H,11-12,14H2,1-4H3,(H,23,25)/p+1/t15-/m0/s1. The number of likely N-dealkylation sites (N-methyl/N-ethyl adjacent to an activating group) is 1. The number of carbonyl (C=O) groups excluding carboxylic acids is 1. The van der Waals surface area contributed by atoms with E-state index in [1.165, 1.54) is 12.1 Å². The molecule has 0 saturated carbocycles. The normalized spacial score (nSPS) is 12.9. The number of amides is 1. The minimum atomic E-state index is -0.280. The summed E-state index contributed by atoms with van der Waals surface area (Å²) in [6.45, 7) is 3.11. The zero-order valence-corrected chi connectivity index (χ0v) is 16.3. The minimum Gasteiger partial charge on any atom is -0.493 e. The van der Waals surface area contributed by atoms with Gasteiger partial charge in [-0.25, -0.2) is 4.39 Å². The van der Waals surface area contributed by atoms with Crippen LogP contribution in [0.3, 0.4) is 0 Å². The van der Waals surface area contributed by atoms with Gasteiger partial charge in [-0.2, -0.15) is 0 Å². The number of halogens is 1. The van der Waals surface area contributed by atoms with Crippen LogP contribution in [-0.2, 0) is 17.8 Å². The molecule has 2 atom stereocenters. The lowest BCUT2D eigenvalue weighted by Crippen LogP contribution is -3.14. The summed E-state index contributed by atoms with van der Waals surface area (Å²) in [5, 5.41) is 2.91. The van der Waals surface area contributed by atoms with Crippen molar-refractivity contribution in [2.24, 2.45) is 0 Å². The Hall–Kier alpha value is -2.60. The molecule has 0 saturated heterocycles. The average molecular weight is 375 g/mol. The van der Waals surface area contributed by atoms with Crippen LogP contribution in [0.15, 0.2) is 42.5 Å². The number of benzene rings is 2. The van der Waals surface area contributed by atoms with Crippen LogP contribution < -0.4 is 19.7 Å². The molecule has 0 aliphatic heterocycles. The lowest BCUT2D eigenvalue weighted by molar-refractivity contribution is -0.894. The molecule has 5 nitrogen and oxygen atoms in total. The third kappa shape index (κ3) is 5.96. The Bertz CT molecular complexity index is 750. The number of carbonyl (C=O) groups is 1. The van der Waals surface area contributed by atoms with Crippen LogP contribution in [0.1, 0.15) is 18.1 Å². The summed E-state index contributed by atoms with van der Waals surface area (Å²) in [4.78, 5) is 13.5. The third-order valence-electron chi connectivity index (χ3n) is 4.77. The smallest absolute Gasteiger partial charge is 0.278 e. The van der Waals surface area contributed by atoms with Gasteiger partial charge in [-0.15, -0.1) is 0 Å². The first-order chi connectivity index (χ1) is 12.9. The van der Waals surface area contributed by atoms with Crippen molar-refractivity contribution in [2.45, 2.75) is 25.9 Å². The molecule has 2 rings (SSSR count). The van der Waals surface area contributed by atoms with E-state index in [-0.39, 0.29) is 17.8 Å². The Balaban J connectivity index is 1.84. The summed E-state index contributed by atoms with van der Waals surface area (Å²) >= 11 is 0. The largest absolute Gasteiger partial charge is 0.493 e. The highest BCUT2D eigenvalue weighted by Gasteiger charge is 2.21. The Kier molecular flexibility index (Phi) is 7.61. The van der Waals surface area contributed by atoms with Gasteiger partial charge in [-0.1, -0.05) is 18.2 Å². The van der Waals surface area contributed by atoms with Gasteiger partial charge in [0.2, 0.25) is 0 Å². The second-order valence-corrected chi connectivity index (χ2v) is 6.60. The summed E-state index contributed by atoms with van der Waals surface area (Å²) in [5.41, 5.74) is 2.01. The summed E-state index contributed by atoms with van der Waals surface area (Å²) in [7, 11) is 5.23. The van der Waals surface area contributed by atoms with Crippen LogP contribution in [0.5, 0.6) is 11.5 Å². The fourth-order valence-corrected chi connectivity index (χ4v) is 2.76. The van der Waals surface area contributed by atoms with Crippen molar-refractivity contribution in [1.29, 1.82) is 0 Å². The van der Waals surface area contributed by atoms with E-state index in [9.17, 15) is 9.18 Å². The number of hydrogen-bond acceptors (Lipinski definition) is 3. The molecule has 0 aliphatic rings. The predicted octanol–water partition coefficient (Wildman–Crippen LogP) is 1.61. The van der Waals surface area contributed by atoms with E-state index in [0.717, 1.165) is 29.0 Å². The van der Waals surface area contributed by atoms with Gasteiger partial charge in [0.05, 0.1) is 27.8 Å². The highest BCUT2D eigenvalue weighted by Crippen LogP contribution is 2.27. The van der Waals surface area contributed by atoms with Crippen molar-refractivity contribution in [3.05, 3.63) is 59.4 Å². The number of nitrogens with one attached hydrogen (secondary N) is 2. The van der Waals surface area contributed by atoms with Gasteiger partial charge >= 0.3 is 0 Å². The predicted molar refractivity (Wildman–Crippen MR) is 103 cm³/mol. The monoisotopic (exact) mass is 375 g/mol. The molecular formula is C21H28FN2O3+. The summed E-state index contributed by atoms with van der Waals surface area (Å²) in [5.74, 6) is 1.11. The molecule has 0 radical (unpaired) electrons. The maximum atomic E-state index is 12.9. The highest BCUT2D eigenvalue weighted by atomic mass is 19.1. The van der Waals surface area contributed by atoms with Gasteiger partial charge in [-0.3, -0.25) is 4.79 Å². The molecule has 0 fully saturated rings. The van der Waals surface area contributed by atoms with Crippen LogP contribution in [0.2, 0.25) is 0 Å². The highest BCUT2D eigenvalue weighted by molar-refractivity contribution is 5.79. The second-order valence-electron chi connectivity index (χ2n) is 6.60. The fourth-order valence-electron chi connectivity index (χ4n) is 2.76. The first kappa shape index (κ1) is 20.7. The van der Waals surface area contributed by atoms with Crippen LogP contribution >= 0.6 is 0 Å². The molecule has 6 heteroatoms. The van der Waals surface area contributed by atoms with E-state index < -0.39 is 0 Å². The van der Waals surface area contributed by atoms with Crippen LogP contribution in [-0.4, -0.2) is 39.8 Å². The second kappa shape index (κ2) is 9.92. The van der Waals surface area contributed by atoms with Gasteiger partial charge in [0.25, 0.3) is 5.91 Å². The number of quaternary nitrogens is 1. The molecule has 0 spiro atoms. The maximum absolute atomic E-state index is 12.9. The van der Waals surface area contributed by atoms with E-state index in [1.54, 1.807) is 26.4 Å². The molecule has 2 N–H and O–H groups in total. The van der Waals surface area contributed by atoms with Crippen LogP contribution in [0, 0.1) is 5.82 Å². The van der Waals surface area contributed by atoms with Gasteiger partial charge in [0, 0.05) is 13.0 Å². The van der Waals surface area contributed by atoms with E-state index in [0.29, 0.717) is 18.0 Å². The Labute approximate surface area is 160 Å². The molecule has 1 amide bonds. The molecular weight excluding hydrogens is 347 g/mol. The van der Waals surface area contributed by atoms with Crippen molar-refractivity contribution in [3.8, 4) is 11.5 Å². The van der Waals surface area contributed by atoms with Crippen LogP contribution in [0.25, 0.3) is 0 Å². The number of rotatable bonds is 9. The Morgan fingerprint density at radius 2 is 1.70 bits per heavy atom. The first-order valence-corrected chi connectivity index (χ1v) is 9.00. The fraction of sp³-hybridized carbons (Fsp3) is 0.381. The van der Waals surface area contributed by atoms with E-state index in [4.69, 9.17) is 9.47 Å². The average Bonchev–Trinajstić information content (AvgIpc) is 2.70. The van der Waals surface area contributed by atoms with Crippen LogP contribution in [0.4, 0.5) is 4.39 Å². The molecule has 1 unspecified atom stereocenters. The molecule has 0 aromatic heterocycles. The van der Waals surface area contributed by atoms with Gasteiger partial charge < -0.3 is 19.7 Å². The first-order valence-electron chi connectivity index (χ1n) is 9.00. The van der Waals surface area contributed by atoms with Crippen molar-refractivity contribution in [3.63, 3.8) is 0 Å². The Morgan fingerprint density at radius 1 is 1.07 bits per heavy atom. The SMILES string of the molecule is COc1ccc(CC[NH+](C)[C@@H](C)C(=O)NCc2ccc(F)cc2)cc1OC. The molecule has 2 aromatic rings. The van der Waals surface area contributed by atoms with Gasteiger partial charge in [0.15, 0.2) is 17.5 Å². The summed E-state index contributed by atoms with van der Waals surface area (Å²) in [6, 6.07) is 11.8. The molecule has 0 aliphatic carbocycles. The minimum absolute atomic E-state index is 0.0239. The lowest BCUT2D eigenvalue weighted by atomic mass is 10.1. The molecule has 2 aromatic carbocycles. The Morgan fingerprint density at radius 3 is 2.33 bits per heavy atom. The molecule has 146 valence electrons. The molecule has 0 heterocycles. The number of ether oxygens (including phenoxy) is 2. The topological polar surface area (TPSA) is 52.0 Å². The van der Waals surface area contributed by atoms with E-state index in [1.807, 2.05) is 32.2 Å². The van der Waals surface area contributed by atoms with E-state index >= 15 is 0 Å². The number of hydrogen-bond donors (Lipinski definition) is 2. The molecule has 0 bridgehead atoms. The van der Waals surface area contributed by atoms with Gasteiger partial charge in [-0.05, 0) is 42.3 Å². The summed E-state index contributed by atoms with van der Waals surface area (Å²) in [6.07, 6.45) is 0.821. The zero-order chi connectivity index (χ0) is 19.8. The van der Waals surface area contributed by atoms with Crippen molar-refractivity contribution < 1.29 is 23.6 Å². The quantitative estimate of drug-likeness (QED) is 0.700. The zero-order valence-electron chi connectivity index (χ0n) is 16.3. The van der Waals surface area contributed by atoms with Crippen molar-refractivity contribution in [2.75, 3.05) is 27.8 Å². The maximum Gasteiger partial charge on any atom is 0.278 e. The van der Waals surface area contributed by atoms with E-state index in [2.05, 4.69) is 5.32 Å². The number of methoxy groups -OCH3 is 2. The third-order valence-corrected chi connectivity index (χ3v) is 4.77. The van der Waals surface area contributed by atoms with Crippen molar-refractivity contribution in [1.82, 2.24) is 5.32 Å². The molecule has 27 heavy (non-hydrogen) atoms. The summed E-state index contributed by atoms with van der Waals surface area (Å²) < 4.78 is 23.5.